The van der Waals surface area contributed by atoms with Crippen molar-refractivity contribution >= 4 is 5.91 Å². The number of carbonyl (C=O) groups is 1. The van der Waals surface area contributed by atoms with Gasteiger partial charge in [-0.15, -0.1) is 0 Å². The molecule has 1 atom stereocenters. The van der Waals surface area contributed by atoms with Gasteiger partial charge in [-0.3, -0.25) is 4.79 Å². The van der Waals surface area contributed by atoms with Gasteiger partial charge in [0.15, 0.2) is 6.10 Å². The van der Waals surface area contributed by atoms with Gasteiger partial charge in [-0.2, -0.15) is 0 Å². The number of fused-ring (bicyclic) bond motifs is 1. The molecule has 0 bridgehead atoms. The Morgan fingerprint density at radius 3 is 2.72 bits per heavy atom. The largest absolute Gasteiger partial charge is 0.481 e. The minimum atomic E-state index is -0.540. The van der Waals surface area contributed by atoms with Gasteiger partial charge in [0.05, 0.1) is 0 Å². The molecule has 0 saturated heterocycles. The third kappa shape index (κ3) is 4.59. The number of benzene rings is 2. The van der Waals surface area contributed by atoms with E-state index in [1.807, 2.05) is 12.1 Å². The molecular weight excluding hydrogens is 317 g/mol. The van der Waals surface area contributed by atoms with Gasteiger partial charge in [0.2, 0.25) is 0 Å². The molecule has 0 aliphatic heterocycles. The Morgan fingerprint density at radius 2 is 1.92 bits per heavy atom. The highest BCUT2D eigenvalue weighted by molar-refractivity contribution is 5.80. The number of hydrogen-bond donors (Lipinski definition) is 1. The fourth-order valence-electron chi connectivity index (χ4n) is 3.23. The van der Waals surface area contributed by atoms with Crippen LogP contribution in [0.3, 0.4) is 0 Å². The molecule has 1 unspecified atom stereocenters. The first kappa shape index (κ1) is 17.5. The van der Waals surface area contributed by atoms with E-state index in [0.717, 1.165) is 24.2 Å². The summed E-state index contributed by atoms with van der Waals surface area (Å²) in [6.07, 6.45) is 4.62. The normalized spacial score (nSPS) is 14.5. The van der Waals surface area contributed by atoms with Crippen LogP contribution >= 0.6 is 0 Å². The summed E-state index contributed by atoms with van der Waals surface area (Å²) in [6, 6.07) is 12.4. The zero-order chi connectivity index (χ0) is 17.6. The standard InChI is InChI=1S/C21H24FNO2/c1-15(21(24)23-14-13-16-9-11-18(22)12-10-16)25-20-8-4-6-17-5-2-3-7-19(17)20/h4,6,8-12,15H,2-3,5,7,13-14H2,1H3,(H,23,24). The molecule has 4 heteroatoms. The first-order chi connectivity index (χ1) is 12.1. The lowest BCUT2D eigenvalue weighted by atomic mass is 9.91. The van der Waals surface area contributed by atoms with Crippen LogP contribution in [-0.2, 0) is 24.1 Å². The molecule has 2 aromatic rings. The molecule has 0 spiro atoms. The monoisotopic (exact) mass is 341 g/mol. The predicted molar refractivity (Wildman–Crippen MR) is 96.3 cm³/mol. The number of aryl methyl sites for hydroxylation is 1. The highest BCUT2D eigenvalue weighted by Crippen LogP contribution is 2.30. The van der Waals surface area contributed by atoms with E-state index in [-0.39, 0.29) is 11.7 Å². The van der Waals surface area contributed by atoms with Gasteiger partial charge >= 0.3 is 0 Å². The first-order valence-corrected chi connectivity index (χ1v) is 8.93. The molecule has 25 heavy (non-hydrogen) atoms. The Labute approximate surface area is 148 Å². The smallest absolute Gasteiger partial charge is 0.260 e. The molecule has 0 aromatic heterocycles. The summed E-state index contributed by atoms with van der Waals surface area (Å²) in [6.45, 7) is 2.28. The van der Waals surface area contributed by atoms with Crippen molar-refractivity contribution in [2.75, 3.05) is 6.54 Å². The van der Waals surface area contributed by atoms with Crippen molar-refractivity contribution in [1.82, 2.24) is 5.32 Å². The number of carbonyl (C=O) groups excluding carboxylic acids is 1. The van der Waals surface area contributed by atoms with Gasteiger partial charge < -0.3 is 10.1 Å². The van der Waals surface area contributed by atoms with Crippen molar-refractivity contribution in [3.05, 3.63) is 65.0 Å². The van der Waals surface area contributed by atoms with Gasteiger partial charge in [-0.1, -0.05) is 24.3 Å². The zero-order valence-corrected chi connectivity index (χ0v) is 14.6. The number of amides is 1. The van der Waals surface area contributed by atoms with Crippen molar-refractivity contribution in [3.8, 4) is 5.75 Å². The van der Waals surface area contributed by atoms with Gasteiger partial charge in [-0.05, 0) is 73.9 Å². The lowest BCUT2D eigenvalue weighted by Gasteiger charge is -2.22. The quantitative estimate of drug-likeness (QED) is 0.867. The number of ether oxygens (including phenoxy) is 1. The van der Waals surface area contributed by atoms with Crippen LogP contribution in [0.4, 0.5) is 4.39 Å². The van der Waals surface area contributed by atoms with E-state index in [0.29, 0.717) is 13.0 Å². The van der Waals surface area contributed by atoms with Gasteiger partial charge in [-0.25, -0.2) is 4.39 Å². The summed E-state index contributed by atoms with van der Waals surface area (Å²) in [5, 5.41) is 2.89. The molecule has 3 nitrogen and oxygen atoms in total. The Bertz CT molecular complexity index is 727. The number of rotatable bonds is 6. The Kier molecular flexibility index (Phi) is 5.69. The molecule has 1 aliphatic carbocycles. The van der Waals surface area contributed by atoms with Crippen LogP contribution in [-0.4, -0.2) is 18.6 Å². The molecule has 1 amide bonds. The second-order valence-corrected chi connectivity index (χ2v) is 6.53. The maximum Gasteiger partial charge on any atom is 0.260 e. The zero-order valence-electron chi connectivity index (χ0n) is 14.6. The van der Waals surface area contributed by atoms with Crippen LogP contribution in [0, 0.1) is 5.82 Å². The first-order valence-electron chi connectivity index (χ1n) is 8.93. The molecule has 1 aliphatic rings. The van der Waals surface area contributed by atoms with Crippen LogP contribution in [0.5, 0.6) is 5.75 Å². The summed E-state index contributed by atoms with van der Waals surface area (Å²) in [7, 11) is 0. The van der Waals surface area contributed by atoms with Crippen molar-refractivity contribution in [1.29, 1.82) is 0 Å². The SMILES string of the molecule is CC(Oc1cccc2c1CCCC2)C(=O)NCCc1ccc(F)cc1. The molecule has 0 heterocycles. The fourth-order valence-corrected chi connectivity index (χ4v) is 3.23. The van der Waals surface area contributed by atoms with Crippen molar-refractivity contribution in [2.45, 2.75) is 45.1 Å². The van der Waals surface area contributed by atoms with Crippen LogP contribution < -0.4 is 10.1 Å². The van der Waals surface area contributed by atoms with E-state index < -0.39 is 6.10 Å². The molecule has 2 aromatic carbocycles. The highest BCUT2D eigenvalue weighted by Gasteiger charge is 2.19. The maximum atomic E-state index is 12.9. The summed E-state index contributed by atoms with van der Waals surface area (Å²) in [4.78, 5) is 12.3. The van der Waals surface area contributed by atoms with E-state index in [4.69, 9.17) is 4.74 Å². The number of nitrogens with one attached hydrogen (secondary N) is 1. The third-order valence-electron chi connectivity index (χ3n) is 4.65. The number of halogens is 1. The second kappa shape index (κ2) is 8.15. The highest BCUT2D eigenvalue weighted by atomic mass is 19.1. The molecule has 0 fully saturated rings. The van der Waals surface area contributed by atoms with E-state index in [1.165, 1.54) is 36.1 Å². The molecule has 0 radical (unpaired) electrons. The second-order valence-electron chi connectivity index (χ2n) is 6.53. The average molecular weight is 341 g/mol. The number of hydrogen-bond acceptors (Lipinski definition) is 2. The lowest BCUT2D eigenvalue weighted by molar-refractivity contribution is -0.127. The fraction of sp³-hybridized carbons (Fsp3) is 0.381. The third-order valence-corrected chi connectivity index (χ3v) is 4.65. The predicted octanol–water partition coefficient (Wildman–Crippen LogP) is 3.83. The average Bonchev–Trinajstić information content (AvgIpc) is 2.63. The van der Waals surface area contributed by atoms with E-state index in [1.54, 1.807) is 19.1 Å². The Balaban J connectivity index is 1.52. The Morgan fingerprint density at radius 1 is 1.16 bits per heavy atom. The molecule has 3 rings (SSSR count). The minimum Gasteiger partial charge on any atom is -0.481 e. The van der Waals surface area contributed by atoms with Crippen LogP contribution in [0.15, 0.2) is 42.5 Å². The van der Waals surface area contributed by atoms with E-state index >= 15 is 0 Å². The topological polar surface area (TPSA) is 38.3 Å². The van der Waals surface area contributed by atoms with Crippen LogP contribution in [0.25, 0.3) is 0 Å². The van der Waals surface area contributed by atoms with Crippen molar-refractivity contribution in [2.24, 2.45) is 0 Å². The van der Waals surface area contributed by atoms with E-state index in [9.17, 15) is 9.18 Å². The lowest BCUT2D eigenvalue weighted by Crippen LogP contribution is -2.37. The van der Waals surface area contributed by atoms with E-state index in [2.05, 4.69) is 11.4 Å². The van der Waals surface area contributed by atoms with Crippen molar-refractivity contribution in [3.63, 3.8) is 0 Å². The van der Waals surface area contributed by atoms with Crippen LogP contribution in [0.1, 0.15) is 36.5 Å². The molecule has 132 valence electrons. The summed E-state index contributed by atoms with van der Waals surface area (Å²) in [5.41, 5.74) is 3.58. The minimum absolute atomic E-state index is 0.129. The summed E-state index contributed by atoms with van der Waals surface area (Å²) < 4.78 is 18.8. The Hall–Kier alpha value is -2.36. The van der Waals surface area contributed by atoms with Gasteiger partial charge in [0.25, 0.3) is 5.91 Å². The summed E-state index contributed by atoms with van der Waals surface area (Å²) in [5.74, 6) is 0.454. The van der Waals surface area contributed by atoms with Crippen LogP contribution in [0.2, 0.25) is 0 Å². The molecule has 0 saturated carbocycles. The van der Waals surface area contributed by atoms with Crippen molar-refractivity contribution < 1.29 is 13.9 Å². The molecular formula is C21H24FNO2. The van der Waals surface area contributed by atoms with Gasteiger partial charge in [0.1, 0.15) is 11.6 Å². The van der Waals surface area contributed by atoms with Gasteiger partial charge in [0, 0.05) is 6.54 Å². The maximum absolute atomic E-state index is 12.9. The summed E-state index contributed by atoms with van der Waals surface area (Å²) >= 11 is 0. The molecule has 1 N–H and O–H groups in total.